The third-order valence-corrected chi connectivity index (χ3v) is 2.02. The van der Waals surface area contributed by atoms with Crippen LogP contribution in [0.4, 0.5) is 0 Å². The van der Waals surface area contributed by atoms with Crippen molar-refractivity contribution in [3.8, 4) is 0 Å². The van der Waals surface area contributed by atoms with E-state index in [9.17, 15) is 0 Å². The lowest BCUT2D eigenvalue weighted by Gasteiger charge is -2.27. The number of nitrogens with zero attached hydrogens (tertiary/aromatic N) is 2. The number of aromatic nitrogens is 2. The largest absolute Gasteiger partial charge is 0.326 e. The summed E-state index contributed by atoms with van der Waals surface area (Å²) < 4.78 is 1.98. The summed E-state index contributed by atoms with van der Waals surface area (Å²) in [5.41, 5.74) is 6.56. The molecule has 74 valence electrons. The number of halogens is 1. The fourth-order valence-corrected chi connectivity index (χ4v) is 1.14. The smallest absolute Gasteiger partial charge is 0.0767 e. The van der Waals surface area contributed by atoms with Gasteiger partial charge in [-0.3, -0.25) is 4.68 Å². The minimum atomic E-state index is 0.551. The van der Waals surface area contributed by atoms with Gasteiger partial charge in [0.2, 0.25) is 0 Å². The molecule has 0 unspecified atom stereocenters. The van der Waals surface area contributed by atoms with Gasteiger partial charge in [-0.2, -0.15) is 5.10 Å². The third-order valence-electron chi connectivity index (χ3n) is 2.02. The summed E-state index contributed by atoms with van der Waals surface area (Å²) in [5.74, 6) is 0. The maximum Gasteiger partial charge on any atom is 0.0767 e. The van der Waals surface area contributed by atoms with Crippen molar-refractivity contribution < 1.29 is 0 Å². The first-order chi connectivity index (χ1) is 6.40. The van der Waals surface area contributed by atoms with E-state index in [-0.39, 0.29) is 0 Å². The van der Waals surface area contributed by atoms with Gasteiger partial charge in [0.1, 0.15) is 0 Å². The molecule has 0 radical (unpaired) electrons. The molecule has 1 fully saturated rings. The number of hydrogen-bond acceptors (Lipinski definition) is 3. The van der Waals surface area contributed by atoms with Crippen LogP contribution in [0.25, 0.3) is 0 Å². The van der Waals surface area contributed by atoms with E-state index >= 15 is 0 Å². The number of rotatable bonds is 2. The van der Waals surface area contributed by atoms with Crippen molar-refractivity contribution in [2.45, 2.75) is 12.6 Å². The van der Waals surface area contributed by atoms with Gasteiger partial charge in [-0.1, -0.05) is 0 Å². The third kappa shape index (κ3) is 2.43. The lowest BCUT2D eigenvalue weighted by molar-refractivity contribution is 0.318. The molecule has 2 heterocycles. The van der Waals surface area contributed by atoms with Gasteiger partial charge in [-0.15, -0.1) is 11.6 Å². The first kappa shape index (κ1) is 10.5. The van der Waals surface area contributed by atoms with Crippen molar-refractivity contribution in [3.05, 3.63) is 18.0 Å². The summed E-state index contributed by atoms with van der Waals surface area (Å²) in [4.78, 5) is 0. The van der Waals surface area contributed by atoms with Gasteiger partial charge >= 0.3 is 0 Å². The Morgan fingerprint density at radius 3 is 2.77 bits per heavy atom. The van der Waals surface area contributed by atoms with Crippen LogP contribution in [0.5, 0.6) is 0 Å². The summed E-state index contributed by atoms with van der Waals surface area (Å²) in [6.07, 6.45) is 5.32. The van der Waals surface area contributed by atoms with Crippen LogP contribution < -0.4 is 11.1 Å². The monoisotopic (exact) mass is 202 g/mol. The maximum absolute atomic E-state index is 5.45. The molecular weight excluding hydrogens is 188 g/mol. The number of hydrogen-bond donors (Lipinski definition) is 2. The molecular formula is C8H15ClN4. The molecule has 1 aliphatic rings. The van der Waals surface area contributed by atoms with E-state index in [0.29, 0.717) is 12.6 Å². The van der Waals surface area contributed by atoms with Gasteiger partial charge in [-0.25, -0.2) is 0 Å². The highest BCUT2D eigenvalue weighted by Gasteiger charge is 2.18. The van der Waals surface area contributed by atoms with Crippen molar-refractivity contribution in [3.63, 3.8) is 0 Å². The second-order valence-corrected chi connectivity index (χ2v) is 2.84. The molecule has 0 amide bonds. The highest BCUT2D eigenvalue weighted by Crippen LogP contribution is 2.10. The fourth-order valence-electron chi connectivity index (χ4n) is 1.14. The Morgan fingerprint density at radius 2 is 2.38 bits per heavy atom. The average molecular weight is 203 g/mol. The second-order valence-electron chi connectivity index (χ2n) is 2.84. The standard InChI is InChI=1S/C7H12N4.CH3Cl/c8-1-6-2-10-11(5-6)7-3-9-4-7;1-2/h2,5,7,9H,1,3-4,8H2;1H3. The summed E-state index contributed by atoms with van der Waals surface area (Å²) in [6.45, 7) is 2.65. The molecule has 2 rings (SSSR count). The average Bonchev–Trinajstić information content (AvgIpc) is 2.54. The molecule has 1 aromatic rings. The Bertz CT molecular complexity index is 244. The van der Waals surface area contributed by atoms with Gasteiger partial charge in [0, 0.05) is 37.8 Å². The van der Waals surface area contributed by atoms with Crippen molar-refractivity contribution in [1.82, 2.24) is 15.1 Å². The van der Waals surface area contributed by atoms with Gasteiger partial charge in [0.15, 0.2) is 0 Å². The van der Waals surface area contributed by atoms with Crippen LogP contribution in [-0.2, 0) is 6.54 Å². The van der Waals surface area contributed by atoms with Gasteiger partial charge in [0.25, 0.3) is 0 Å². The molecule has 0 atom stereocenters. The molecule has 0 aromatic carbocycles. The summed E-state index contributed by atoms with van der Waals surface area (Å²) in [5, 5.41) is 7.40. The lowest BCUT2D eigenvalue weighted by Crippen LogP contribution is -2.43. The Morgan fingerprint density at radius 1 is 1.69 bits per heavy atom. The van der Waals surface area contributed by atoms with Crippen LogP contribution in [0, 0.1) is 0 Å². The quantitative estimate of drug-likeness (QED) is 0.681. The zero-order chi connectivity index (χ0) is 9.68. The first-order valence-corrected chi connectivity index (χ1v) is 4.97. The maximum atomic E-state index is 5.45. The van der Waals surface area contributed by atoms with Crippen LogP contribution in [0.1, 0.15) is 11.6 Å². The van der Waals surface area contributed by atoms with Gasteiger partial charge < -0.3 is 11.1 Å². The van der Waals surface area contributed by atoms with E-state index in [1.54, 1.807) is 0 Å². The molecule has 1 aliphatic heterocycles. The van der Waals surface area contributed by atoms with Crippen LogP contribution in [0.3, 0.4) is 0 Å². The van der Waals surface area contributed by atoms with E-state index in [1.165, 1.54) is 6.38 Å². The first-order valence-electron chi connectivity index (χ1n) is 4.22. The molecule has 13 heavy (non-hydrogen) atoms. The Balaban J connectivity index is 0.000000396. The number of alkyl halides is 1. The second kappa shape index (κ2) is 5.21. The zero-order valence-corrected chi connectivity index (χ0v) is 8.46. The Hall–Kier alpha value is -0.580. The highest BCUT2D eigenvalue weighted by atomic mass is 35.5. The molecule has 0 saturated carbocycles. The highest BCUT2D eigenvalue weighted by molar-refractivity contribution is 6.15. The lowest BCUT2D eigenvalue weighted by atomic mass is 10.2. The van der Waals surface area contributed by atoms with Crippen molar-refractivity contribution in [1.29, 1.82) is 0 Å². The minimum absolute atomic E-state index is 0.551. The number of nitrogens with one attached hydrogen (secondary N) is 1. The molecule has 1 aromatic heterocycles. The SMILES string of the molecule is CCl.NCc1cnn(C2CNC2)c1. The molecule has 4 nitrogen and oxygen atoms in total. The van der Waals surface area contributed by atoms with Crippen LogP contribution in [0.15, 0.2) is 12.4 Å². The predicted octanol–water partition coefficient (Wildman–Crippen LogP) is 0.341. The molecule has 0 aliphatic carbocycles. The van der Waals surface area contributed by atoms with Crippen LogP contribution in [-0.4, -0.2) is 29.3 Å². The van der Waals surface area contributed by atoms with Crippen LogP contribution >= 0.6 is 11.6 Å². The van der Waals surface area contributed by atoms with E-state index in [0.717, 1.165) is 18.7 Å². The van der Waals surface area contributed by atoms with Gasteiger partial charge in [-0.05, 0) is 0 Å². The fraction of sp³-hybridized carbons (Fsp3) is 0.625. The van der Waals surface area contributed by atoms with Gasteiger partial charge in [0.05, 0.1) is 12.2 Å². The number of nitrogens with two attached hydrogens (primary N) is 1. The van der Waals surface area contributed by atoms with E-state index in [1.807, 2.05) is 17.1 Å². The molecule has 5 heteroatoms. The normalized spacial score (nSPS) is 15.9. The summed E-state index contributed by atoms with van der Waals surface area (Å²) >= 11 is 4.64. The minimum Gasteiger partial charge on any atom is -0.326 e. The van der Waals surface area contributed by atoms with E-state index in [4.69, 9.17) is 5.73 Å². The summed E-state index contributed by atoms with van der Waals surface area (Å²) in [7, 11) is 0. The molecule has 3 N–H and O–H groups in total. The van der Waals surface area contributed by atoms with Crippen molar-refractivity contribution in [2.75, 3.05) is 19.5 Å². The van der Waals surface area contributed by atoms with Crippen molar-refractivity contribution >= 4 is 11.6 Å². The summed E-state index contributed by atoms with van der Waals surface area (Å²) in [6, 6.07) is 0.551. The van der Waals surface area contributed by atoms with E-state index in [2.05, 4.69) is 22.0 Å². The van der Waals surface area contributed by atoms with E-state index < -0.39 is 0 Å². The molecule has 0 bridgehead atoms. The topological polar surface area (TPSA) is 55.9 Å². The van der Waals surface area contributed by atoms with Crippen molar-refractivity contribution in [2.24, 2.45) is 5.73 Å². The predicted molar refractivity (Wildman–Crippen MR) is 53.8 cm³/mol. The Kier molecular flexibility index (Phi) is 4.21. The molecule has 1 saturated heterocycles. The zero-order valence-electron chi connectivity index (χ0n) is 7.70. The molecule has 0 spiro atoms. The Labute approximate surface area is 83.1 Å². The van der Waals surface area contributed by atoms with Crippen LogP contribution in [0.2, 0.25) is 0 Å².